The Morgan fingerprint density at radius 1 is 1.19 bits per heavy atom. The summed E-state index contributed by atoms with van der Waals surface area (Å²) in [7, 11) is 1.37. The molecule has 0 spiro atoms. The Bertz CT molecular complexity index is 857. The zero-order valence-corrected chi connectivity index (χ0v) is 16.1. The summed E-state index contributed by atoms with van der Waals surface area (Å²) >= 11 is 7.57. The molecule has 1 aromatic carbocycles. The third-order valence-electron chi connectivity index (χ3n) is 4.37. The molecule has 1 aliphatic carbocycles. The molecular formula is C20H20ClNO3S. The summed E-state index contributed by atoms with van der Waals surface area (Å²) in [5.74, 6) is -0.693. The Kier molecular flexibility index (Phi) is 6.12. The van der Waals surface area contributed by atoms with Gasteiger partial charge in [-0.25, -0.2) is 4.79 Å². The number of hydrogen-bond donors (Lipinski definition) is 1. The Labute approximate surface area is 161 Å². The first-order valence-electron chi connectivity index (χ1n) is 8.56. The second kappa shape index (κ2) is 8.52. The summed E-state index contributed by atoms with van der Waals surface area (Å²) < 4.78 is 4.95. The number of thiophene rings is 1. The first-order valence-corrected chi connectivity index (χ1v) is 9.76. The van der Waals surface area contributed by atoms with Crippen LogP contribution in [0.15, 0.2) is 30.3 Å². The number of halogens is 1. The normalized spacial score (nSPS) is 13.9. The van der Waals surface area contributed by atoms with Gasteiger partial charge in [-0.05, 0) is 49.0 Å². The van der Waals surface area contributed by atoms with E-state index in [0.717, 1.165) is 43.2 Å². The second-order valence-electron chi connectivity index (χ2n) is 6.10. The predicted molar refractivity (Wildman–Crippen MR) is 106 cm³/mol. The maximum Gasteiger partial charge on any atom is 0.341 e. The van der Waals surface area contributed by atoms with Crippen LogP contribution in [0.5, 0.6) is 0 Å². The van der Waals surface area contributed by atoms with Crippen LogP contribution in [0.1, 0.15) is 45.6 Å². The fourth-order valence-electron chi connectivity index (χ4n) is 3.08. The van der Waals surface area contributed by atoms with E-state index in [1.807, 2.05) is 18.2 Å². The predicted octanol–water partition coefficient (Wildman–Crippen LogP) is 5.11. The molecule has 2 aromatic rings. The molecule has 1 aromatic heterocycles. The number of methoxy groups -OCH3 is 1. The van der Waals surface area contributed by atoms with Crippen LogP contribution in [0.4, 0.5) is 5.00 Å². The van der Waals surface area contributed by atoms with Crippen molar-refractivity contribution in [2.24, 2.45) is 0 Å². The van der Waals surface area contributed by atoms with Crippen LogP contribution in [-0.4, -0.2) is 19.0 Å². The Morgan fingerprint density at radius 3 is 2.73 bits per heavy atom. The van der Waals surface area contributed by atoms with Crippen LogP contribution in [0.3, 0.4) is 0 Å². The molecule has 1 heterocycles. The van der Waals surface area contributed by atoms with Gasteiger partial charge in [0.25, 0.3) is 0 Å². The van der Waals surface area contributed by atoms with Crippen LogP contribution in [-0.2, 0) is 22.4 Å². The molecule has 4 nitrogen and oxygen atoms in total. The second-order valence-corrected chi connectivity index (χ2v) is 7.62. The molecule has 0 saturated heterocycles. The number of rotatable bonds is 4. The van der Waals surface area contributed by atoms with E-state index in [1.165, 1.54) is 29.4 Å². The minimum atomic E-state index is -0.394. The number of amides is 1. The number of nitrogens with one attached hydrogen (secondary N) is 1. The summed E-state index contributed by atoms with van der Waals surface area (Å²) in [6.45, 7) is 0. The number of aryl methyl sites for hydroxylation is 1. The molecule has 26 heavy (non-hydrogen) atoms. The van der Waals surface area contributed by atoms with Crippen molar-refractivity contribution >= 4 is 45.9 Å². The van der Waals surface area contributed by atoms with Crippen molar-refractivity contribution in [1.29, 1.82) is 0 Å². The topological polar surface area (TPSA) is 55.4 Å². The van der Waals surface area contributed by atoms with Gasteiger partial charge in [0.05, 0.1) is 12.7 Å². The Balaban J connectivity index is 1.84. The van der Waals surface area contributed by atoms with Gasteiger partial charge in [-0.3, -0.25) is 4.79 Å². The van der Waals surface area contributed by atoms with E-state index in [4.69, 9.17) is 16.3 Å². The zero-order valence-electron chi connectivity index (χ0n) is 14.5. The zero-order chi connectivity index (χ0) is 18.5. The standard InChI is InChI=1S/C20H20ClNO3S/c1-25-20(24)18-14-8-3-2-4-10-16(14)26-19(18)22-17(23)12-11-13-7-5-6-9-15(13)21/h5-7,9,11-12H,2-4,8,10H2,1H3,(H,22,23)/b12-11+. The average molecular weight is 390 g/mol. The average Bonchev–Trinajstić information content (AvgIpc) is 2.81. The lowest BCUT2D eigenvalue weighted by Crippen LogP contribution is -2.12. The summed E-state index contributed by atoms with van der Waals surface area (Å²) in [6, 6.07) is 7.29. The van der Waals surface area contributed by atoms with Gasteiger partial charge in [0.1, 0.15) is 5.00 Å². The third kappa shape index (κ3) is 4.17. The first kappa shape index (κ1) is 18.7. The minimum absolute atomic E-state index is 0.300. The largest absolute Gasteiger partial charge is 0.465 e. The van der Waals surface area contributed by atoms with Crippen molar-refractivity contribution in [3.8, 4) is 0 Å². The third-order valence-corrected chi connectivity index (χ3v) is 5.92. The number of fused-ring (bicyclic) bond motifs is 1. The van der Waals surface area contributed by atoms with Crippen LogP contribution in [0.2, 0.25) is 5.02 Å². The van der Waals surface area contributed by atoms with Gasteiger partial charge in [-0.1, -0.05) is 36.2 Å². The molecule has 0 bridgehead atoms. The number of carbonyl (C=O) groups is 2. The van der Waals surface area contributed by atoms with Gasteiger partial charge in [-0.2, -0.15) is 0 Å². The van der Waals surface area contributed by atoms with Crippen molar-refractivity contribution < 1.29 is 14.3 Å². The van der Waals surface area contributed by atoms with Gasteiger partial charge < -0.3 is 10.1 Å². The number of hydrogen-bond acceptors (Lipinski definition) is 4. The molecule has 0 radical (unpaired) electrons. The first-order chi connectivity index (χ1) is 12.6. The highest BCUT2D eigenvalue weighted by atomic mass is 35.5. The lowest BCUT2D eigenvalue weighted by molar-refractivity contribution is -0.111. The molecule has 136 valence electrons. The molecule has 1 aliphatic rings. The molecule has 0 saturated carbocycles. The van der Waals surface area contributed by atoms with Gasteiger partial charge in [0.15, 0.2) is 0 Å². The highest BCUT2D eigenvalue weighted by molar-refractivity contribution is 7.17. The summed E-state index contributed by atoms with van der Waals surface area (Å²) in [5, 5.41) is 3.99. The van der Waals surface area contributed by atoms with Crippen molar-refractivity contribution in [2.45, 2.75) is 32.1 Å². The molecule has 1 amide bonds. The summed E-state index contributed by atoms with van der Waals surface area (Å²) in [4.78, 5) is 25.8. The molecule has 0 fully saturated rings. The minimum Gasteiger partial charge on any atom is -0.465 e. The van der Waals surface area contributed by atoms with E-state index in [0.29, 0.717) is 15.6 Å². The van der Waals surface area contributed by atoms with Gasteiger partial charge >= 0.3 is 5.97 Å². The quantitative estimate of drug-likeness (QED) is 0.449. The van der Waals surface area contributed by atoms with Crippen molar-refractivity contribution in [3.05, 3.63) is 56.9 Å². The lowest BCUT2D eigenvalue weighted by atomic mass is 10.1. The molecular weight excluding hydrogens is 370 g/mol. The highest BCUT2D eigenvalue weighted by Crippen LogP contribution is 2.38. The molecule has 0 atom stereocenters. The number of ether oxygens (including phenoxy) is 1. The molecule has 3 rings (SSSR count). The smallest absolute Gasteiger partial charge is 0.341 e. The Hall–Kier alpha value is -2.11. The maximum atomic E-state index is 12.4. The lowest BCUT2D eigenvalue weighted by Gasteiger charge is -2.06. The Morgan fingerprint density at radius 2 is 1.96 bits per heavy atom. The SMILES string of the molecule is COC(=O)c1c(NC(=O)/C=C/c2ccccc2Cl)sc2c1CCCCC2. The van der Waals surface area contributed by atoms with Crippen molar-refractivity contribution in [2.75, 3.05) is 12.4 Å². The van der Waals surface area contributed by atoms with E-state index in [-0.39, 0.29) is 5.91 Å². The summed E-state index contributed by atoms with van der Waals surface area (Å²) in [5.41, 5.74) is 2.30. The van der Waals surface area contributed by atoms with Crippen molar-refractivity contribution in [3.63, 3.8) is 0 Å². The van der Waals surface area contributed by atoms with Crippen LogP contribution in [0.25, 0.3) is 6.08 Å². The van der Waals surface area contributed by atoms with Gasteiger partial charge in [0, 0.05) is 16.0 Å². The molecule has 0 unspecified atom stereocenters. The van der Waals surface area contributed by atoms with E-state index in [1.54, 1.807) is 12.1 Å². The van der Waals surface area contributed by atoms with Gasteiger partial charge in [-0.15, -0.1) is 11.3 Å². The van der Waals surface area contributed by atoms with Crippen LogP contribution in [0, 0.1) is 0 Å². The number of benzene rings is 1. The number of carbonyl (C=O) groups excluding carboxylic acids is 2. The van der Waals surface area contributed by atoms with E-state index in [9.17, 15) is 9.59 Å². The summed E-state index contributed by atoms with van der Waals surface area (Å²) in [6.07, 6.45) is 8.18. The molecule has 1 N–H and O–H groups in total. The fourth-order valence-corrected chi connectivity index (χ4v) is 4.56. The van der Waals surface area contributed by atoms with Gasteiger partial charge in [0.2, 0.25) is 5.91 Å². The molecule has 0 aliphatic heterocycles. The number of esters is 1. The molecule has 6 heteroatoms. The maximum absolute atomic E-state index is 12.4. The van der Waals surface area contributed by atoms with E-state index >= 15 is 0 Å². The van der Waals surface area contributed by atoms with Crippen molar-refractivity contribution in [1.82, 2.24) is 0 Å². The highest BCUT2D eigenvalue weighted by Gasteiger charge is 2.25. The fraction of sp³-hybridized carbons (Fsp3) is 0.300. The number of anilines is 1. The van der Waals surface area contributed by atoms with Crippen LogP contribution >= 0.6 is 22.9 Å². The monoisotopic (exact) mass is 389 g/mol. The van der Waals surface area contributed by atoms with E-state index in [2.05, 4.69) is 5.32 Å². The van der Waals surface area contributed by atoms with Crippen LogP contribution < -0.4 is 5.32 Å². The van der Waals surface area contributed by atoms with E-state index < -0.39 is 5.97 Å².